The summed E-state index contributed by atoms with van der Waals surface area (Å²) in [4.78, 5) is 0. The third kappa shape index (κ3) is 5.23. The van der Waals surface area contributed by atoms with E-state index in [-0.39, 0.29) is 0 Å². The van der Waals surface area contributed by atoms with Crippen molar-refractivity contribution < 1.29 is 0 Å². The van der Waals surface area contributed by atoms with Crippen LogP contribution in [0.5, 0.6) is 0 Å². The van der Waals surface area contributed by atoms with E-state index in [1.54, 1.807) is 15.9 Å². The Labute approximate surface area is 211 Å². The van der Waals surface area contributed by atoms with Gasteiger partial charge in [0.25, 0.3) is 0 Å². The fourth-order valence-electron chi connectivity index (χ4n) is 5.89. The second-order valence-electron chi connectivity index (χ2n) is 9.78. The van der Waals surface area contributed by atoms with Gasteiger partial charge in [0.05, 0.1) is 16.1 Å². The summed E-state index contributed by atoms with van der Waals surface area (Å²) in [6, 6.07) is 35.0. The molecule has 0 fully saturated rings. The van der Waals surface area contributed by atoms with Crippen molar-refractivity contribution in [2.45, 2.75) is 77.8 Å². The average Bonchev–Trinajstić information content (AvgIpc) is 2.91. The predicted molar refractivity (Wildman–Crippen MR) is 161 cm³/mol. The molecule has 0 heterocycles. The molecule has 0 N–H and O–H groups in total. The van der Waals surface area contributed by atoms with Gasteiger partial charge in [-0.1, -0.05) is 173 Å². The van der Waals surface area contributed by atoms with Crippen molar-refractivity contribution in [3.8, 4) is 11.1 Å². The fourth-order valence-corrected chi connectivity index (χ4v) is 13.8. The van der Waals surface area contributed by atoms with Gasteiger partial charge in [-0.25, -0.2) is 0 Å². The minimum absolute atomic E-state index is 1.29. The maximum Gasteiger partial charge on any atom is 0.0867 e. The van der Waals surface area contributed by atoms with Crippen LogP contribution in [0, 0.1) is 0 Å². The summed E-state index contributed by atoms with van der Waals surface area (Å²) in [7, 11) is -3.24. The Morgan fingerprint density at radius 3 is 1.32 bits per heavy atom. The Morgan fingerprint density at radius 2 is 0.912 bits per heavy atom. The first-order valence-corrected chi connectivity index (χ1v) is 18.7. The van der Waals surface area contributed by atoms with Crippen molar-refractivity contribution in [3.63, 3.8) is 0 Å². The van der Waals surface area contributed by atoms with Crippen LogP contribution in [0.15, 0.2) is 72.8 Å². The molecule has 0 aliphatic rings. The number of benzene rings is 3. The van der Waals surface area contributed by atoms with Crippen molar-refractivity contribution in [2.75, 3.05) is 0 Å². The van der Waals surface area contributed by atoms with Gasteiger partial charge in [0.1, 0.15) is 0 Å². The summed E-state index contributed by atoms with van der Waals surface area (Å²) in [5, 5.41) is 3.41. The standard InChI is InChI=1S/C32H44Si2/c1-7-33(8-2,9-3)31-25-29(28-21-17-14-18-22-28)26-32(34(10-4,11-5)12-6)30(31)24-23-27-19-15-13-16-20-27/h13-26H,7-12H2,1-6H3/b24-23+. The molecule has 0 saturated heterocycles. The first-order chi connectivity index (χ1) is 16.5. The summed E-state index contributed by atoms with van der Waals surface area (Å²) in [6.07, 6.45) is 4.87. The molecule has 3 rings (SSSR count). The van der Waals surface area contributed by atoms with Crippen molar-refractivity contribution >= 4 is 38.7 Å². The third-order valence-electron chi connectivity index (χ3n) is 8.73. The lowest BCUT2D eigenvalue weighted by Gasteiger charge is -2.37. The molecule has 0 saturated carbocycles. The van der Waals surface area contributed by atoms with Gasteiger partial charge in [0.2, 0.25) is 0 Å². The van der Waals surface area contributed by atoms with Crippen LogP contribution < -0.4 is 10.4 Å². The van der Waals surface area contributed by atoms with Crippen LogP contribution >= 0.6 is 0 Å². The second-order valence-corrected chi connectivity index (χ2v) is 20.2. The van der Waals surface area contributed by atoms with Crippen LogP contribution in [0.25, 0.3) is 23.3 Å². The highest BCUT2D eigenvalue weighted by atomic mass is 28.3. The Hall–Kier alpha value is -2.17. The van der Waals surface area contributed by atoms with Crippen molar-refractivity contribution in [1.29, 1.82) is 0 Å². The topological polar surface area (TPSA) is 0 Å². The summed E-state index contributed by atoms with van der Waals surface area (Å²) < 4.78 is 0. The SMILES string of the molecule is CC[Si](CC)(CC)c1cc(-c2ccccc2)cc([Si](CC)(CC)CC)c1/C=C/c1ccccc1. The Balaban J connectivity index is 2.42. The molecule has 34 heavy (non-hydrogen) atoms. The van der Waals surface area contributed by atoms with Gasteiger partial charge in [0, 0.05) is 0 Å². The maximum absolute atomic E-state index is 2.60. The molecule has 180 valence electrons. The lowest BCUT2D eigenvalue weighted by molar-refractivity contribution is 1.19. The van der Waals surface area contributed by atoms with Crippen LogP contribution in [0.4, 0.5) is 0 Å². The fraction of sp³-hybridized carbons (Fsp3) is 0.375. The molecular weight excluding hydrogens is 441 g/mol. The minimum Gasteiger partial charge on any atom is -0.0675 e. The molecule has 0 atom stereocenters. The van der Waals surface area contributed by atoms with E-state index in [9.17, 15) is 0 Å². The zero-order valence-corrected chi connectivity index (χ0v) is 24.3. The normalized spacial score (nSPS) is 12.4. The third-order valence-corrected chi connectivity index (χ3v) is 20.0. The number of hydrogen-bond acceptors (Lipinski definition) is 0. The van der Waals surface area contributed by atoms with Crippen LogP contribution in [-0.2, 0) is 0 Å². The van der Waals surface area contributed by atoms with E-state index in [1.807, 2.05) is 0 Å². The summed E-state index contributed by atoms with van der Waals surface area (Å²) in [5.74, 6) is 0. The van der Waals surface area contributed by atoms with E-state index in [1.165, 1.54) is 53.0 Å². The van der Waals surface area contributed by atoms with Crippen molar-refractivity contribution in [2.24, 2.45) is 0 Å². The predicted octanol–water partition coefficient (Wildman–Crippen LogP) is 8.96. The summed E-state index contributed by atoms with van der Waals surface area (Å²) in [5.41, 5.74) is 5.67. The highest BCUT2D eigenvalue weighted by Gasteiger charge is 2.37. The Morgan fingerprint density at radius 1 is 0.500 bits per heavy atom. The molecule has 0 unspecified atom stereocenters. The minimum atomic E-state index is -1.62. The molecule has 0 nitrogen and oxygen atoms in total. The lowest BCUT2D eigenvalue weighted by Crippen LogP contribution is -2.54. The van der Waals surface area contributed by atoms with Crippen LogP contribution in [0.1, 0.15) is 52.7 Å². The molecule has 3 aromatic carbocycles. The highest BCUT2D eigenvalue weighted by molar-refractivity contribution is 6.95. The zero-order valence-electron chi connectivity index (χ0n) is 22.3. The van der Waals surface area contributed by atoms with E-state index in [2.05, 4.69) is 126 Å². The highest BCUT2D eigenvalue weighted by Crippen LogP contribution is 2.30. The molecule has 2 heteroatoms. The zero-order chi connectivity index (χ0) is 24.6. The molecule has 3 aromatic rings. The first-order valence-electron chi connectivity index (χ1n) is 13.5. The van der Waals surface area contributed by atoms with Gasteiger partial charge in [-0.15, -0.1) is 0 Å². The van der Waals surface area contributed by atoms with E-state index in [0.29, 0.717) is 0 Å². The smallest absolute Gasteiger partial charge is 0.0675 e. The average molecular weight is 485 g/mol. The van der Waals surface area contributed by atoms with Crippen LogP contribution in [0.3, 0.4) is 0 Å². The quantitative estimate of drug-likeness (QED) is 0.188. The van der Waals surface area contributed by atoms with Crippen LogP contribution in [0.2, 0.25) is 36.3 Å². The molecule has 0 aliphatic heterocycles. The van der Waals surface area contributed by atoms with Crippen molar-refractivity contribution in [3.05, 3.63) is 83.9 Å². The van der Waals surface area contributed by atoms with Crippen LogP contribution in [-0.4, -0.2) is 16.1 Å². The molecular formula is C32H44Si2. The molecule has 0 aliphatic carbocycles. The molecule has 0 aromatic heterocycles. The van der Waals surface area contributed by atoms with E-state index < -0.39 is 16.1 Å². The van der Waals surface area contributed by atoms with E-state index >= 15 is 0 Å². The largest absolute Gasteiger partial charge is 0.0867 e. The summed E-state index contributed by atoms with van der Waals surface area (Å²) >= 11 is 0. The molecule has 0 bridgehead atoms. The maximum atomic E-state index is 2.60. The van der Waals surface area contributed by atoms with Gasteiger partial charge in [-0.2, -0.15) is 0 Å². The second kappa shape index (κ2) is 12.0. The van der Waals surface area contributed by atoms with Gasteiger partial charge in [0.15, 0.2) is 0 Å². The molecule has 0 amide bonds. The van der Waals surface area contributed by atoms with Gasteiger partial charge in [-0.05, 0) is 22.3 Å². The molecule has 0 radical (unpaired) electrons. The van der Waals surface area contributed by atoms with Crippen molar-refractivity contribution in [1.82, 2.24) is 0 Å². The first kappa shape index (κ1) is 26.4. The van der Waals surface area contributed by atoms with Gasteiger partial charge in [-0.3, -0.25) is 0 Å². The van der Waals surface area contributed by atoms with E-state index in [0.717, 1.165) is 0 Å². The Bertz CT molecular complexity index is 1000. The van der Waals surface area contributed by atoms with Gasteiger partial charge >= 0.3 is 0 Å². The molecule has 0 spiro atoms. The Kier molecular flexibility index (Phi) is 9.33. The van der Waals surface area contributed by atoms with Gasteiger partial charge < -0.3 is 0 Å². The monoisotopic (exact) mass is 484 g/mol. The number of hydrogen-bond donors (Lipinski definition) is 0. The van der Waals surface area contributed by atoms with E-state index in [4.69, 9.17) is 0 Å². The lowest BCUT2D eigenvalue weighted by atomic mass is 10.0. The summed E-state index contributed by atoms with van der Waals surface area (Å²) in [6.45, 7) is 14.7. The number of rotatable bonds is 11.